The monoisotopic (exact) mass is 454 g/mol. The van der Waals surface area contributed by atoms with Crippen molar-refractivity contribution in [1.82, 2.24) is 0 Å². The number of hydrogen-bond acceptors (Lipinski definition) is 6. The Kier molecular flexibility index (Phi) is 5.42. The molecule has 1 atom stereocenters. The van der Waals surface area contributed by atoms with Gasteiger partial charge in [-0.25, -0.2) is 4.79 Å². The molecule has 6 heteroatoms. The zero-order valence-corrected chi connectivity index (χ0v) is 18.6. The average molecular weight is 454 g/mol. The fourth-order valence-corrected chi connectivity index (χ4v) is 4.09. The summed E-state index contributed by atoms with van der Waals surface area (Å²) < 4.78 is 23.0. The lowest BCUT2D eigenvalue weighted by atomic mass is 9.90. The van der Waals surface area contributed by atoms with Crippen LogP contribution in [-0.2, 0) is 15.1 Å². The van der Waals surface area contributed by atoms with Gasteiger partial charge >= 0.3 is 5.97 Å². The third kappa shape index (κ3) is 3.94. The van der Waals surface area contributed by atoms with Crippen molar-refractivity contribution < 1.29 is 23.4 Å². The summed E-state index contributed by atoms with van der Waals surface area (Å²) >= 11 is 0. The van der Waals surface area contributed by atoms with Crippen LogP contribution in [0.2, 0.25) is 0 Å². The number of hydrogen-bond donors (Lipinski definition) is 0. The number of ether oxygens (including phenoxy) is 3. The van der Waals surface area contributed by atoms with E-state index >= 15 is 0 Å². The maximum atomic E-state index is 12.8. The fraction of sp³-hybridized carbons (Fsp3) is 0.143. The first-order valence-electron chi connectivity index (χ1n) is 10.8. The molecule has 0 amide bonds. The van der Waals surface area contributed by atoms with Gasteiger partial charge < -0.3 is 18.6 Å². The molecule has 6 nitrogen and oxygen atoms in total. The molecule has 0 aliphatic carbocycles. The van der Waals surface area contributed by atoms with Crippen LogP contribution in [0, 0.1) is 0 Å². The molecule has 1 fully saturated rings. The highest BCUT2D eigenvalue weighted by Crippen LogP contribution is 2.40. The average Bonchev–Trinajstić information content (AvgIpc) is 3.17. The van der Waals surface area contributed by atoms with Gasteiger partial charge in [-0.2, -0.15) is 0 Å². The number of fused-ring (bicyclic) bond motifs is 1. The molecule has 1 aliphatic rings. The second-order valence-corrected chi connectivity index (χ2v) is 8.18. The van der Waals surface area contributed by atoms with Crippen LogP contribution in [0.3, 0.4) is 0 Å². The number of benzene rings is 3. The van der Waals surface area contributed by atoms with E-state index in [4.69, 9.17) is 18.6 Å². The number of carbonyl (C=O) groups excluding carboxylic acids is 1. The third-order valence-corrected chi connectivity index (χ3v) is 5.92. The number of rotatable bonds is 6. The first-order chi connectivity index (χ1) is 16.5. The van der Waals surface area contributed by atoms with Gasteiger partial charge in [-0.1, -0.05) is 49.0 Å². The van der Waals surface area contributed by atoms with E-state index in [0.29, 0.717) is 40.2 Å². The van der Waals surface area contributed by atoms with Gasteiger partial charge in [-0.15, -0.1) is 0 Å². The second kappa shape index (κ2) is 8.56. The van der Waals surface area contributed by atoms with Crippen LogP contribution in [0.5, 0.6) is 11.5 Å². The molecule has 34 heavy (non-hydrogen) atoms. The van der Waals surface area contributed by atoms with Crippen molar-refractivity contribution in [2.45, 2.75) is 12.0 Å². The number of esters is 1. The maximum Gasteiger partial charge on any atom is 0.334 e. The predicted octanol–water partition coefficient (Wildman–Crippen LogP) is 5.25. The van der Waals surface area contributed by atoms with E-state index < -0.39 is 11.6 Å². The first kappa shape index (κ1) is 21.5. The number of carbonyl (C=O) groups is 1. The molecular formula is C28H22O6. The van der Waals surface area contributed by atoms with E-state index in [1.807, 2.05) is 42.5 Å². The summed E-state index contributed by atoms with van der Waals surface area (Å²) in [6.45, 7) is 3.88. The lowest BCUT2D eigenvalue weighted by Crippen LogP contribution is -2.33. The zero-order chi connectivity index (χ0) is 23.7. The van der Waals surface area contributed by atoms with Gasteiger partial charge in [0.1, 0.15) is 29.4 Å². The number of methoxy groups -OCH3 is 1. The highest BCUT2D eigenvalue weighted by atomic mass is 16.6. The zero-order valence-electron chi connectivity index (χ0n) is 18.6. The maximum absolute atomic E-state index is 12.8. The molecule has 170 valence electrons. The SMILES string of the molecule is C=C1CC(COc2ccc3oc(-c4ccccc4)cc(=O)c3c2)(c2ccc(OC)cc2)OC1=O. The van der Waals surface area contributed by atoms with E-state index in [2.05, 4.69) is 6.58 Å². The van der Waals surface area contributed by atoms with Crippen molar-refractivity contribution in [3.05, 3.63) is 107 Å². The summed E-state index contributed by atoms with van der Waals surface area (Å²) in [5.41, 5.74) is 1.25. The van der Waals surface area contributed by atoms with Crippen molar-refractivity contribution >= 4 is 16.9 Å². The summed E-state index contributed by atoms with van der Waals surface area (Å²) in [6, 6.07) is 23.3. The van der Waals surface area contributed by atoms with Gasteiger partial charge in [0.05, 0.1) is 12.5 Å². The van der Waals surface area contributed by atoms with Gasteiger partial charge in [0.2, 0.25) is 0 Å². The summed E-state index contributed by atoms with van der Waals surface area (Å²) in [5, 5.41) is 0.406. The highest BCUT2D eigenvalue weighted by molar-refractivity contribution is 5.90. The van der Waals surface area contributed by atoms with Crippen LogP contribution in [0.4, 0.5) is 0 Å². The minimum atomic E-state index is -1.02. The molecule has 0 bridgehead atoms. The lowest BCUT2D eigenvalue weighted by molar-refractivity contribution is -0.150. The minimum absolute atomic E-state index is 0.0586. The van der Waals surface area contributed by atoms with Crippen molar-refractivity contribution in [1.29, 1.82) is 0 Å². The summed E-state index contributed by atoms with van der Waals surface area (Å²) in [4.78, 5) is 25.0. The van der Waals surface area contributed by atoms with E-state index in [0.717, 1.165) is 11.1 Å². The fourth-order valence-electron chi connectivity index (χ4n) is 4.09. The van der Waals surface area contributed by atoms with Gasteiger partial charge in [0.25, 0.3) is 0 Å². The summed E-state index contributed by atoms with van der Waals surface area (Å²) in [5.74, 6) is 1.21. The third-order valence-electron chi connectivity index (χ3n) is 5.92. The van der Waals surface area contributed by atoms with Crippen LogP contribution >= 0.6 is 0 Å². The lowest BCUT2D eigenvalue weighted by Gasteiger charge is -2.28. The first-order valence-corrected chi connectivity index (χ1v) is 10.8. The summed E-state index contributed by atoms with van der Waals surface area (Å²) in [7, 11) is 1.59. The molecule has 1 unspecified atom stereocenters. The molecule has 4 aromatic rings. The van der Waals surface area contributed by atoms with E-state index in [1.54, 1.807) is 37.4 Å². The molecule has 2 heterocycles. The minimum Gasteiger partial charge on any atom is -0.497 e. The van der Waals surface area contributed by atoms with Crippen LogP contribution in [0.15, 0.2) is 100 Å². The molecule has 0 spiro atoms. The van der Waals surface area contributed by atoms with Gasteiger partial charge in [-0.05, 0) is 35.9 Å². The summed E-state index contributed by atoms with van der Waals surface area (Å²) in [6.07, 6.45) is 0.300. The Balaban J connectivity index is 1.44. The molecule has 0 N–H and O–H groups in total. The Labute approximate surface area is 196 Å². The van der Waals surface area contributed by atoms with E-state index in [1.165, 1.54) is 6.07 Å². The van der Waals surface area contributed by atoms with Gasteiger partial charge in [0.15, 0.2) is 11.0 Å². The molecule has 0 saturated carbocycles. The van der Waals surface area contributed by atoms with Crippen LogP contribution in [0.1, 0.15) is 12.0 Å². The molecular weight excluding hydrogens is 432 g/mol. The molecule has 1 aromatic heterocycles. The van der Waals surface area contributed by atoms with Crippen LogP contribution in [0.25, 0.3) is 22.3 Å². The number of cyclic esters (lactones) is 1. The van der Waals surface area contributed by atoms with Crippen LogP contribution in [-0.4, -0.2) is 19.7 Å². The normalized spacial score (nSPS) is 17.6. The molecule has 5 rings (SSSR count). The molecule has 3 aromatic carbocycles. The molecule has 1 aliphatic heterocycles. The Morgan fingerprint density at radius 3 is 2.35 bits per heavy atom. The topological polar surface area (TPSA) is 75.0 Å². The highest BCUT2D eigenvalue weighted by Gasteiger charge is 2.45. The molecule has 0 radical (unpaired) electrons. The van der Waals surface area contributed by atoms with E-state index in [-0.39, 0.29) is 12.0 Å². The van der Waals surface area contributed by atoms with Gasteiger partial charge in [0, 0.05) is 23.6 Å². The second-order valence-electron chi connectivity index (χ2n) is 8.18. The predicted molar refractivity (Wildman–Crippen MR) is 128 cm³/mol. The largest absolute Gasteiger partial charge is 0.497 e. The Bertz CT molecular complexity index is 1420. The smallest absolute Gasteiger partial charge is 0.334 e. The Morgan fingerprint density at radius 1 is 0.941 bits per heavy atom. The standard InChI is InChI=1S/C28H22O6/c1-18-16-28(34-27(18)30,20-8-10-21(31-2)11-9-20)17-32-22-12-13-25-23(14-22)24(29)15-26(33-25)19-6-4-3-5-7-19/h3-15H,1,16-17H2,2H3. The molecule has 1 saturated heterocycles. The van der Waals surface area contributed by atoms with Crippen molar-refractivity contribution in [3.8, 4) is 22.8 Å². The van der Waals surface area contributed by atoms with Gasteiger partial charge in [-0.3, -0.25) is 4.79 Å². The quantitative estimate of drug-likeness (QED) is 0.293. The van der Waals surface area contributed by atoms with Crippen molar-refractivity contribution in [3.63, 3.8) is 0 Å². The van der Waals surface area contributed by atoms with Crippen molar-refractivity contribution in [2.75, 3.05) is 13.7 Å². The van der Waals surface area contributed by atoms with Crippen molar-refractivity contribution in [2.24, 2.45) is 0 Å². The van der Waals surface area contributed by atoms with Crippen LogP contribution < -0.4 is 14.9 Å². The van der Waals surface area contributed by atoms with E-state index in [9.17, 15) is 9.59 Å². The Morgan fingerprint density at radius 2 is 1.68 bits per heavy atom. The Hall–Kier alpha value is -4.32.